The zero-order valence-electron chi connectivity index (χ0n) is 20.2. The summed E-state index contributed by atoms with van der Waals surface area (Å²) < 4.78 is 4.38. The van der Waals surface area contributed by atoms with E-state index in [-0.39, 0.29) is 24.2 Å². The first-order valence-electron chi connectivity index (χ1n) is 11.8. The second-order valence-electron chi connectivity index (χ2n) is 9.82. The minimum atomic E-state index is -0.318. The van der Waals surface area contributed by atoms with Crippen molar-refractivity contribution in [3.8, 4) is 0 Å². The first-order chi connectivity index (χ1) is 16.4. The summed E-state index contributed by atoms with van der Waals surface area (Å²) >= 11 is 0. The lowest BCUT2D eigenvalue weighted by Gasteiger charge is -2.28. The van der Waals surface area contributed by atoms with Crippen molar-refractivity contribution in [3.63, 3.8) is 0 Å². The number of hydrogen-bond donors (Lipinski definition) is 1. The summed E-state index contributed by atoms with van der Waals surface area (Å²) in [6.45, 7) is 1.92. The molecule has 4 aromatic rings. The molecule has 1 N–H and O–H groups in total. The Labute approximate surface area is 210 Å². The molecule has 0 spiro atoms. The van der Waals surface area contributed by atoms with Gasteiger partial charge in [-0.3, -0.25) is 14.9 Å². The van der Waals surface area contributed by atoms with E-state index in [9.17, 15) is 9.59 Å². The molecule has 2 aliphatic rings. The lowest BCUT2D eigenvalue weighted by Crippen LogP contribution is -2.29. The summed E-state index contributed by atoms with van der Waals surface area (Å²) in [5, 5.41) is 4.63. The monoisotopic (exact) mass is 488 g/mol. The van der Waals surface area contributed by atoms with Crippen molar-refractivity contribution < 1.29 is 9.59 Å². The Kier molecular flexibility index (Phi) is 5.82. The van der Waals surface area contributed by atoms with Crippen molar-refractivity contribution in [2.45, 2.75) is 19.4 Å². The zero-order valence-corrected chi connectivity index (χ0v) is 21.0. The number of aromatic nitrogens is 2. The number of para-hydroxylation sites is 2. The number of nitrogens with zero attached hydrogens (tertiary/aromatic N) is 3. The van der Waals surface area contributed by atoms with Crippen molar-refractivity contribution in [3.05, 3.63) is 71.5 Å². The van der Waals surface area contributed by atoms with Crippen LogP contribution in [-0.2, 0) is 29.6 Å². The molecular weight excluding hydrogens is 460 g/mol. The number of amides is 2. The molecule has 6 nitrogen and oxygen atoms in total. The van der Waals surface area contributed by atoms with Crippen LogP contribution in [0.25, 0.3) is 33.0 Å². The lowest BCUT2D eigenvalue weighted by molar-refractivity contribution is -0.122. The molecule has 2 aromatic carbocycles. The van der Waals surface area contributed by atoms with Gasteiger partial charge in [0.25, 0.3) is 11.8 Å². The van der Waals surface area contributed by atoms with Gasteiger partial charge in [-0.1, -0.05) is 36.4 Å². The molecule has 6 rings (SSSR count). The summed E-state index contributed by atoms with van der Waals surface area (Å²) in [5.41, 5.74) is 6.05. The Bertz CT molecular complexity index is 1520. The van der Waals surface area contributed by atoms with E-state index < -0.39 is 0 Å². The van der Waals surface area contributed by atoms with Gasteiger partial charge < -0.3 is 14.0 Å². The molecule has 7 heteroatoms. The van der Waals surface area contributed by atoms with Crippen LogP contribution >= 0.6 is 12.4 Å². The standard InChI is InChI=1S/C28H28N4O2.ClH/c1-30(2)15-17-12-13-32-22-11-7-5-9-19(22)24(23(32)14-17)26-25(27(33)29-28(26)34)20-16-31(3)21-10-6-4-8-18(20)21;/h4-11,16-17H,12-15H2,1-3H3,(H,29,33,34);1H/t17-;/m0./s1. The third kappa shape index (κ3) is 3.60. The Morgan fingerprint density at radius 1 is 0.943 bits per heavy atom. The summed E-state index contributed by atoms with van der Waals surface area (Å²) in [6, 6.07) is 16.3. The van der Waals surface area contributed by atoms with Crippen LogP contribution in [0, 0.1) is 5.92 Å². The molecular formula is C28H29ClN4O2. The average molecular weight is 489 g/mol. The fourth-order valence-electron chi connectivity index (χ4n) is 5.95. The van der Waals surface area contributed by atoms with Gasteiger partial charge in [0.05, 0.1) is 11.1 Å². The summed E-state index contributed by atoms with van der Waals surface area (Å²) in [4.78, 5) is 28.9. The highest BCUT2D eigenvalue weighted by Crippen LogP contribution is 2.42. The second kappa shape index (κ2) is 8.70. The molecule has 2 aromatic heterocycles. The summed E-state index contributed by atoms with van der Waals surface area (Å²) in [7, 11) is 6.19. The van der Waals surface area contributed by atoms with Gasteiger partial charge in [-0.15, -0.1) is 12.4 Å². The largest absolute Gasteiger partial charge is 0.350 e. The van der Waals surface area contributed by atoms with Crippen molar-refractivity contribution in [1.29, 1.82) is 0 Å². The maximum absolute atomic E-state index is 13.4. The van der Waals surface area contributed by atoms with Crippen LogP contribution in [0.5, 0.6) is 0 Å². The summed E-state index contributed by atoms with van der Waals surface area (Å²) in [6.07, 6.45) is 3.96. The number of fused-ring (bicyclic) bond motifs is 4. The Morgan fingerprint density at radius 3 is 2.34 bits per heavy atom. The van der Waals surface area contributed by atoms with E-state index in [1.807, 2.05) is 54.2 Å². The number of aryl methyl sites for hydroxylation is 2. The molecule has 1 atom stereocenters. The second-order valence-corrected chi connectivity index (χ2v) is 9.82. The van der Waals surface area contributed by atoms with Gasteiger partial charge in [0.1, 0.15) is 0 Å². The van der Waals surface area contributed by atoms with Gasteiger partial charge in [-0.2, -0.15) is 0 Å². The van der Waals surface area contributed by atoms with Gasteiger partial charge in [-0.05, 0) is 45.0 Å². The number of nitrogens with one attached hydrogen (secondary N) is 1. The van der Waals surface area contributed by atoms with Crippen molar-refractivity contribution in [1.82, 2.24) is 19.4 Å². The molecule has 2 amide bonds. The Morgan fingerprint density at radius 2 is 1.60 bits per heavy atom. The van der Waals surface area contributed by atoms with Crippen LogP contribution in [-0.4, -0.2) is 46.5 Å². The number of carbonyl (C=O) groups excluding carboxylic acids is 2. The quantitative estimate of drug-likeness (QED) is 0.437. The number of halogens is 1. The topological polar surface area (TPSA) is 59.3 Å². The first kappa shape index (κ1) is 23.4. The van der Waals surface area contributed by atoms with E-state index in [4.69, 9.17) is 0 Å². The zero-order chi connectivity index (χ0) is 23.6. The Hall–Kier alpha value is -3.35. The van der Waals surface area contributed by atoms with Crippen LogP contribution in [0.15, 0.2) is 54.7 Å². The van der Waals surface area contributed by atoms with E-state index in [0.717, 1.165) is 64.6 Å². The third-order valence-corrected chi connectivity index (χ3v) is 7.29. The molecule has 35 heavy (non-hydrogen) atoms. The molecule has 0 unspecified atom stereocenters. The maximum Gasteiger partial charge on any atom is 0.259 e. The molecule has 0 aliphatic carbocycles. The van der Waals surface area contributed by atoms with E-state index in [2.05, 4.69) is 41.0 Å². The SMILES string of the molecule is CN(C)C[C@H]1CCn2c(c(C3=C(c4cn(C)c5ccccc45)C(=O)NC3=O)c3ccccc32)C1.Cl. The van der Waals surface area contributed by atoms with Crippen LogP contribution < -0.4 is 5.32 Å². The van der Waals surface area contributed by atoms with E-state index in [1.54, 1.807) is 0 Å². The van der Waals surface area contributed by atoms with Gasteiger partial charge in [0, 0.05) is 65.0 Å². The molecule has 0 saturated carbocycles. The smallest absolute Gasteiger partial charge is 0.259 e. The third-order valence-electron chi connectivity index (χ3n) is 7.29. The first-order valence-corrected chi connectivity index (χ1v) is 11.8. The lowest BCUT2D eigenvalue weighted by atomic mass is 9.89. The van der Waals surface area contributed by atoms with Crippen LogP contribution in [0.3, 0.4) is 0 Å². The van der Waals surface area contributed by atoms with Crippen LogP contribution in [0.2, 0.25) is 0 Å². The van der Waals surface area contributed by atoms with Gasteiger partial charge in [-0.25, -0.2) is 0 Å². The fourth-order valence-corrected chi connectivity index (χ4v) is 5.95. The van der Waals surface area contributed by atoms with E-state index in [0.29, 0.717) is 17.1 Å². The number of hydrogen-bond acceptors (Lipinski definition) is 3. The van der Waals surface area contributed by atoms with Crippen molar-refractivity contribution in [2.24, 2.45) is 13.0 Å². The van der Waals surface area contributed by atoms with E-state index in [1.165, 1.54) is 0 Å². The fraction of sp³-hybridized carbons (Fsp3) is 0.286. The number of imide groups is 1. The van der Waals surface area contributed by atoms with E-state index >= 15 is 0 Å². The molecule has 0 bridgehead atoms. The highest BCUT2D eigenvalue weighted by Gasteiger charge is 2.38. The molecule has 0 fully saturated rings. The molecule has 2 aliphatic heterocycles. The summed E-state index contributed by atoms with van der Waals surface area (Å²) in [5.74, 6) is -0.116. The highest BCUT2D eigenvalue weighted by molar-refractivity contribution is 6.51. The van der Waals surface area contributed by atoms with Crippen molar-refractivity contribution in [2.75, 3.05) is 20.6 Å². The van der Waals surface area contributed by atoms with Crippen molar-refractivity contribution >= 4 is 57.2 Å². The highest BCUT2D eigenvalue weighted by atomic mass is 35.5. The molecule has 0 saturated heterocycles. The van der Waals surface area contributed by atoms with Gasteiger partial charge >= 0.3 is 0 Å². The molecule has 0 radical (unpaired) electrons. The predicted molar refractivity (Wildman–Crippen MR) is 142 cm³/mol. The Balaban J connectivity index is 0.00000253. The van der Waals surface area contributed by atoms with Gasteiger partial charge in [0.2, 0.25) is 0 Å². The van der Waals surface area contributed by atoms with Crippen LogP contribution in [0.4, 0.5) is 0 Å². The van der Waals surface area contributed by atoms with Crippen LogP contribution in [0.1, 0.15) is 23.2 Å². The minimum absolute atomic E-state index is 0. The number of carbonyl (C=O) groups is 2. The number of benzene rings is 2. The average Bonchev–Trinajstić information content (AvgIpc) is 3.41. The normalized spacial score (nSPS) is 17.9. The number of rotatable bonds is 4. The molecule has 4 heterocycles. The molecule has 180 valence electrons. The minimum Gasteiger partial charge on any atom is -0.350 e. The van der Waals surface area contributed by atoms with Gasteiger partial charge in [0.15, 0.2) is 0 Å². The predicted octanol–water partition coefficient (Wildman–Crippen LogP) is 4.25. The maximum atomic E-state index is 13.4.